The van der Waals surface area contributed by atoms with Crippen molar-refractivity contribution in [3.05, 3.63) is 44.1 Å². The van der Waals surface area contributed by atoms with Gasteiger partial charge in [-0.25, -0.2) is 4.39 Å². The number of benzene rings is 1. The fourth-order valence-electron chi connectivity index (χ4n) is 1.58. The molecule has 0 spiro atoms. The summed E-state index contributed by atoms with van der Waals surface area (Å²) in [7, 11) is 5.63. The van der Waals surface area contributed by atoms with E-state index in [1.807, 2.05) is 0 Å². The van der Waals surface area contributed by atoms with Gasteiger partial charge in [-0.3, -0.25) is 4.79 Å². The van der Waals surface area contributed by atoms with Crippen LogP contribution in [0.15, 0.2) is 23.0 Å². The number of halogens is 2. The summed E-state index contributed by atoms with van der Waals surface area (Å²) in [6.07, 6.45) is 0. The van der Waals surface area contributed by atoms with Crippen molar-refractivity contribution in [1.82, 2.24) is 0 Å². The molecule has 0 atom stereocenters. The zero-order valence-corrected chi connectivity index (χ0v) is 12.7. The quantitative estimate of drug-likeness (QED) is 0.806. The van der Waals surface area contributed by atoms with Gasteiger partial charge in [0, 0.05) is 25.2 Å². The van der Waals surface area contributed by atoms with E-state index in [-0.39, 0.29) is 15.6 Å². The van der Waals surface area contributed by atoms with E-state index in [4.69, 9.17) is 16.3 Å². The van der Waals surface area contributed by atoms with E-state index < -0.39 is 0 Å². The van der Waals surface area contributed by atoms with Crippen molar-refractivity contribution in [1.29, 1.82) is 0 Å². The summed E-state index contributed by atoms with van der Waals surface area (Å²) in [5.74, 6) is 0.132. The first-order valence-electron chi connectivity index (χ1n) is 5.35. The predicted octanol–water partition coefficient (Wildman–Crippen LogP) is 3.61. The molecule has 1 aromatic heterocycles. The van der Waals surface area contributed by atoms with Crippen LogP contribution in [0, 0.1) is 5.82 Å². The maximum absolute atomic E-state index is 13.8. The van der Waals surface area contributed by atoms with Gasteiger partial charge in [0.25, 0.3) is 4.74 Å². The van der Waals surface area contributed by atoms with Crippen molar-refractivity contribution >= 4 is 37.3 Å². The lowest BCUT2D eigenvalue weighted by Gasteiger charge is -2.17. The Balaban J connectivity index is 2.21. The number of anilines is 1. The number of hydrogen-bond acceptors (Lipinski definition) is 5. The Labute approximate surface area is 122 Å². The standard InChI is InChI=1S/C12H11ClFNO2S2/c1-15(11-10(13)12(16)19-18-11)6-7-3-4-8(17-2)5-9(7)14/h3-5H,6H2,1-2H3. The molecular weight excluding hydrogens is 309 g/mol. The lowest BCUT2D eigenvalue weighted by Crippen LogP contribution is -2.17. The van der Waals surface area contributed by atoms with Gasteiger partial charge in [-0.1, -0.05) is 28.0 Å². The SMILES string of the molecule is COc1ccc(CN(C)c2ssc(=O)c2Cl)c(F)c1. The summed E-state index contributed by atoms with van der Waals surface area (Å²) >= 11 is 5.91. The summed E-state index contributed by atoms with van der Waals surface area (Å²) in [5, 5.41) is 0.860. The molecule has 0 radical (unpaired) electrons. The van der Waals surface area contributed by atoms with Crippen LogP contribution in [0.2, 0.25) is 5.02 Å². The highest BCUT2D eigenvalue weighted by Gasteiger charge is 2.14. The Hall–Kier alpha value is -1.11. The van der Waals surface area contributed by atoms with Gasteiger partial charge < -0.3 is 9.64 Å². The first-order valence-corrected chi connectivity index (χ1v) is 7.88. The summed E-state index contributed by atoms with van der Waals surface area (Å²) in [5.41, 5.74) is 0.519. The molecule has 0 N–H and O–H groups in total. The second-order valence-corrected chi connectivity index (χ2v) is 6.36. The van der Waals surface area contributed by atoms with Crippen molar-refractivity contribution in [2.75, 3.05) is 19.1 Å². The molecule has 19 heavy (non-hydrogen) atoms. The highest BCUT2D eigenvalue weighted by Crippen LogP contribution is 2.31. The van der Waals surface area contributed by atoms with Gasteiger partial charge in [-0.2, -0.15) is 0 Å². The van der Waals surface area contributed by atoms with Crippen LogP contribution in [-0.4, -0.2) is 14.2 Å². The third-order valence-electron chi connectivity index (χ3n) is 2.58. The zero-order chi connectivity index (χ0) is 14.0. The first kappa shape index (κ1) is 14.3. The van der Waals surface area contributed by atoms with Crippen LogP contribution in [0.25, 0.3) is 0 Å². The van der Waals surface area contributed by atoms with E-state index in [1.165, 1.54) is 23.5 Å². The minimum atomic E-state index is -0.343. The normalized spacial score (nSPS) is 10.5. The maximum atomic E-state index is 13.8. The topological polar surface area (TPSA) is 29.5 Å². The van der Waals surface area contributed by atoms with E-state index in [9.17, 15) is 9.18 Å². The average Bonchev–Trinajstić information content (AvgIpc) is 2.72. The molecule has 1 heterocycles. The van der Waals surface area contributed by atoms with Gasteiger partial charge in [-0.05, 0) is 16.4 Å². The Morgan fingerprint density at radius 3 is 2.68 bits per heavy atom. The second kappa shape index (κ2) is 5.90. The molecule has 0 saturated heterocycles. The number of hydrogen-bond donors (Lipinski definition) is 0. The van der Waals surface area contributed by atoms with Gasteiger partial charge in [0.05, 0.1) is 7.11 Å². The highest BCUT2D eigenvalue weighted by molar-refractivity contribution is 7.70. The third kappa shape index (κ3) is 3.08. The fraction of sp³-hybridized carbons (Fsp3) is 0.250. The molecule has 2 aromatic rings. The van der Waals surface area contributed by atoms with Crippen LogP contribution in [0.4, 0.5) is 9.39 Å². The van der Waals surface area contributed by atoms with Gasteiger partial charge in [0.1, 0.15) is 21.6 Å². The van der Waals surface area contributed by atoms with Crippen LogP contribution in [0.1, 0.15) is 5.56 Å². The largest absolute Gasteiger partial charge is 0.497 e. The Bertz CT molecular complexity index is 641. The number of nitrogens with zero attached hydrogens (tertiary/aromatic N) is 1. The molecule has 0 amide bonds. The first-order chi connectivity index (χ1) is 9.02. The van der Waals surface area contributed by atoms with E-state index in [1.54, 1.807) is 24.1 Å². The van der Waals surface area contributed by atoms with E-state index in [0.717, 1.165) is 10.3 Å². The smallest absolute Gasteiger partial charge is 0.263 e. The lowest BCUT2D eigenvalue weighted by atomic mass is 10.2. The minimum absolute atomic E-state index is 0.163. The molecule has 0 aliphatic carbocycles. The monoisotopic (exact) mass is 319 g/mol. The average molecular weight is 320 g/mol. The number of methoxy groups -OCH3 is 1. The lowest BCUT2D eigenvalue weighted by molar-refractivity contribution is 0.410. The van der Waals surface area contributed by atoms with Crippen molar-refractivity contribution in [3.63, 3.8) is 0 Å². The predicted molar refractivity (Wildman–Crippen MR) is 78.5 cm³/mol. The summed E-state index contributed by atoms with van der Waals surface area (Å²) < 4.78 is 18.6. The molecule has 0 unspecified atom stereocenters. The van der Waals surface area contributed by atoms with Crippen molar-refractivity contribution in [2.45, 2.75) is 6.54 Å². The molecule has 2 rings (SSSR count). The molecular formula is C12H11ClFNO2S2. The molecule has 0 bridgehead atoms. The molecule has 1 aromatic carbocycles. The molecule has 7 heteroatoms. The van der Waals surface area contributed by atoms with Gasteiger partial charge in [0.15, 0.2) is 0 Å². The Morgan fingerprint density at radius 1 is 1.42 bits per heavy atom. The van der Waals surface area contributed by atoms with Crippen molar-refractivity contribution in [3.8, 4) is 5.75 Å². The van der Waals surface area contributed by atoms with Crippen molar-refractivity contribution in [2.24, 2.45) is 0 Å². The number of ether oxygens (including phenoxy) is 1. The van der Waals surface area contributed by atoms with Gasteiger partial charge in [0.2, 0.25) is 0 Å². The third-order valence-corrected chi connectivity index (χ3v) is 5.44. The Morgan fingerprint density at radius 2 is 2.16 bits per heavy atom. The Kier molecular flexibility index (Phi) is 4.44. The van der Waals surface area contributed by atoms with E-state index in [2.05, 4.69) is 0 Å². The molecule has 0 saturated carbocycles. The summed E-state index contributed by atoms with van der Waals surface area (Å²) in [4.78, 5) is 13.1. The van der Waals surface area contributed by atoms with Crippen LogP contribution >= 0.6 is 32.3 Å². The summed E-state index contributed by atoms with van der Waals surface area (Å²) in [6.45, 7) is 0.336. The second-order valence-electron chi connectivity index (χ2n) is 3.89. The molecule has 0 aliphatic rings. The zero-order valence-electron chi connectivity index (χ0n) is 10.3. The van der Waals surface area contributed by atoms with Crippen LogP contribution in [0.5, 0.6) is 5.75 Å². The van der Waals surface area contributed by atoms with E-state index in [0.29, 0.717) is 22.9 Å². The van der Waals surface area contributed by atoms with Crippen LogP contribution in [0.3, 0.4) is 0 Å². The van der Waals surface area contributed by atoms with Gasteiger partial charge in [-0.15, -0.1) is 0 Å². The maximum Gasteiger partial charge on any atom is 0.263 e. The number of rotatable bonds is 4. The fourth-order valence-corrected chi connectivity index (χ4v) is 4.32. The summed E-state index contributed by atoms with van der Waals surface area (Å²) in [6, 6.07) is 4.69. The van der Waals surface area contributed by atoms with Crippen molar-refractivity contribution < 1.29 is 9.13 Å². The van der Waals surface area contributed by atoms with Gasteiger partial charge >= 0.3 is 0 Å². The molecule has 102 valence electrons. The molecule has 0 fully saturated rings. The van der Waals surface area contributed by atoms with Crippen LogP contribution in [-0.2, 0) is 6.54 Å². The molecule has 0 aliphatic heterocycles. The highest BCUT2D eigenvalue weighted by atomic mass is 35.5. The minimum Gasteiger partial charge on any atom is -0.497 e. The molecule has 3 nitrogen and oxygen atoms in total. The van der Waals surface area contributed by atoms with E-state index >= 15 is 0 Å². The van der Waals surface area contributed by atoms with Crippen LogP contribution < -0.4 is 14.4 Å².